The molecule has 3 aromatic carbocycles. The Hall–Kier alpha value is -3.74. The molecule has 1 fully saturated rings. The summed E-state index contributed by atoms with van der Waals surface area (Å²) in [6, 6.07) is 18.5. The number of aromatic nitrogens is 1. The number of Topliss-reactive ketones (excluding diaryl/α,β-unsaturated/α-hetero) is 1. The van der Waals surface area contributed by atoms with E-state index in [1.807, 2.05) is 30.5 Å². The molecule has 6 nitrogen and oxygen atoms in total. The summed E-state index contributed by atoms with van der Waals surface area (Å²) in [4.78, 5) is 31.3. The largest absolute Gasteiger partial charge is 0.507 e. The third kappa shape index (κ3) is 4.23. The SMILES string of the molecule is COc1ccc(C(O)=C2C(=O)C(=O)N(CCc3c[nH]c4ccccc34)[C@H]2c2ccc(Cl)cc2Cl)cc1. The van der Waals surface area contributed by atoms with E-state index in [2.05, 4.69) is 4.98 Å². The molecule has 0 spiro atoms. The van der Waals surface area contributed by atoms with E-state index in [0.29, 0.717) is 33.3 Å². The van der Waals surface area contributed by atoms with Crippen molar-refractivity contribution in [2.75, 3.05) is 13.7 Å². The number of ketones is 1. The molecular formula is C28H22Cl2N2O4. The molecule has 1 amide bonds. The summed E-state index contributed by atoms with van der Waals surface area (Å²) in [5, 5.41) is 13.0. The van der Waals surface area contributed by atoms with E-state index in [1.165, 1.54) is 12.0 Å². The van der Waals surface area contributed by atoms with Gasteiger partial charge in [-0.3, -0.25) is 9.59 Å². The highest BCUT2D eigenvalue weighted by molar-refractivity contribution is 6.47. The van der Waals surface area contributed by atoms with E-state index >= 15 is 0 Å². The minimum atomic E-state index is -0.873. The number of aliphatic hydroxyl groups is 1. The van der Waals surface area contributed by atoms with Gasteiger partial charge in [0.25, 0.3) is 11.7 Å². The molecule has 1 atom stereocenters. The fourth-order valence-corrected chi connectivity index (χ4v) is 5.15. The molecule has 0 radical (unpaired) electrons. The first-order valence-corrected chi connectivity index (χ1v) is 12.1. The van der Waals surface area contributed by atoms with Crippen LogP contribution in [-0.2, 0) is 16.0 Å². The zero-order valence-corrected chi connectivity index (χ0v) is 20.8. The van der Waals surface area contributed by atoms with Gasteiger partial charge in [0.15, 0.2) is 0 Å². The number of nitrogens with one attached hydrogen (secondary N) is 1. The summed E-state index contributed by atoms with van der Waals surface area (Å²) in [7, 11) is 1.54. The lowest BCUT2D eigenvalue weighted by molar-refractivity contribution is -0.139. The van der Waals surface area contributed by atoms with Crippen molar-refractivity contribution in [2.45, 2.75) is 12.5 Å². The monoisotopic (exact) mass is 520 g/mol. The maximum Gasteiger partial charge on any atom is 0.295 e. The lowest BCUT2D eigenvalue weighted by atomic mass is 9.95. The van der Waals surface area contributed by atoms with Gasteiger partial charge in [0.1, 0.15) is 11.5 Å². The van der Waals surface area contributed by atoms with E-state index in [9.17, 15) is 14.7 Å². The Labute approximate surface area is 217 Å². The summed E-state index contributed by atoms with van der Waals surface area (Å²) in [6.45, 7) is 0.245. The topological polar surface area (TPSA) is 82.6 Å². The van der Waals surface area contributed by atoms with Gasteiger partial charge in [-0.1, -0.05) is 47.5 Å². The van der Waals surface area contributed by atoms with Gasteiger partial charge >= 0.3 is 0 Å². The molecule has 2 N–H and O–H groups in total. The van der Waals surface area contributed by atoms with Crippen molar-refractivity contribution in [1.82, 2.24) is 9.88 Å². The van der Waals surface area contributed by atoms with Crippen LogP contribution in [0.25, 0.3) is 16.7 Å². The molecular weight excluding hydrogens is 499 g/mol. The highest BCUT2D eigenvalue weighted by atomic mass is 35.5. The number of aliphatic hydroxyl groups excluding tert-OH is 1. The van der Waals surface area contributed by atoms with Crippen molar-refractivity contribution in [3.8, 4) is 5.75 Å². The van der Waals surface area contributed by atoms with Crippen molar-refractivity contribution < 1.29 is 19.4 Å². The number of para-hydroxylation sites is 1. The first-order valence-electron chi connectivity index (χ1n) is 11.3. The first-order chi connectivity index (χ1) is 17.4. The number of H-pyrrole nitrogens is 1. The Kier molecular flexibility index (Phi) is 6.48. The maximum atomic E-state index is 13.3. The maximum absolute atomic E-state index is 13.3. The minimum Gasteiger partial charge on any atom is -0.507 e. The average molecular weight is 521 g/mol. The molecule has 4 aromatic rings. The molecule has 2 heterocycles. The summed E-state index contributed by atoms with van der Waals surface area (Å²) in [5.41, 5.74) is 2.89. The second-order valence-corrected chi connectivity index (χ2v) is 9.34. The Morgan fingerprint density at radius 1 is 1.06 bits per heavy atom. The highest BCUT2D eigenvalue weighted by Gasteiger charge is 2.46. The number of nitrogens with zero attached hydrogens (tertiary/aromatic N) is 1. The fraction of sp³-hybridized carbons (Fsp3) is 0.143. The van der Waals surface area contributed by atoms with Crippen LogP contribution >= 0.6 is 23.2 Å². The molecule has 8 heteroatoms. The summed E-state index contributed by atoms with van der Waals surface area (Å²) >= 11 is 12.7. The zero-order valence-electron chi connectivity index (χ0n) is 19.3. The van der Waals surface area contributed by atoms with Crippen molar-refractivity contribution in [2.24, 2.45) is 0 Å². The van der Waals surface area contributed by atoms with Crippen LogP contribution in [0.3, 0.4) is 0 Å². The zero-order chi connectivity index (χ0) is 25.4. The van der Waals surface area contributed by atoms with Gasteiger partial charge in [-0.2, -0.15) is 0 Å². The third-order valence-corrected chi connectivity index (χ3v) is 7.02. The Balaban J connectivity index is 1.58. The van der Waals surface area contributed by atoms with Crippen LogP contribution in [0.5, 0.6) is 5.75 Å². The van der Waals surface area contributed by atoms with Crippen LogP contribution in [0, 0.1) is 0 Å². The Morgan fingerprint density at radius 3 is 2.53 bits per heavy atom. The summed E-state index contributed by atoms with van der Waals surface area (Å²) < 4.78 is 5.19. The summed E-state index contributed by atoms with van der Waals surface area (Å²) in [5.74, 6) is -1.14. The van der Waals surface area contributed by atoms with E-state index in [1.54, 1.807) is 42.5 Å². The highest BCUT2D eigenvalue weighted by Crippen LogP contribution is 2.42. The number of rotatable bonds is 6. The van der Waals surface area contributed by atoms with Gasteiger partial charge in [0.2, 0.25) is 0 Å². The number of halogens is 2. The van der Waals surface area contributed by atoms with E-state index < -0.39 is 17.7 Å². The number of aromatic amines is 1. The normalized spacial score (nSPS) is 17.2. The fourth-order valence-electron chi connectivity index (χ4n) is 4.64. The van der Waals surface area contributed by atoms with Gasteiger partial charge in [-0.25, -0.2) is 0 Å². The molecule has 0 unspecified atom stereocenters. The van der Waals surface area contributed by atoms with E-state index in [4.69, 9.17) is 27.9 Å². The molecule has 5 rings (SSSR count). The van der Waals surface area contributed by atoms with Crippen LogP contribution in [0.1, 0.15) is 22.7 Å². The molecule has 0 saturated carbocycles. The van der Waals surface area contributed by atoms with Gasteiger partial charge in [-0.15, -0.1) is 0 Å². The van der Waals surface area contributed by atoms with Crippen LogP contribution < -0.4 is 4.74 Å². The predicted octanol–water partition coefficient (Wildman–Crippen LogP) is 6.15. The molecule has 1 aliphatic rings. The Morgan fingerprint density at radius 2 is 1.81 bits per heavy atom. The molecule has 1 saturated heterocycles. The molecule has 1 aromatic heterocycles. The molecule has 0 bridgehead atoms. The van der Waals surface area contributed by atoms with E-state index in [-0.39, 0.29) is 17.9 Å². The quantitative estimate of drug-likeness (QED) is 0.181. The van der Waals surface area contributed by atoms with Crippen molar-refractivity contribution >= 4 is 51.6 Å². The predicted molar refractivity (Wildman–Crippen MR) is 140 cm³/mol. The van der Waals surface area contributed by atoms with Gasteiger partial charge < -0.3 is 19.7 Å². The molecule has 182 valence electrons. The number of carbonyl (C=O) groups excluding carboxylic acids is 2. The number of amides is 1. The standard InChI is InChI=1S/C28H22Cl2N2O4/c1-36-19-9-6-16(7-10-19)26(33)24-25(21-11-8-18(29)14-22(21)30)32(28(35)27(24)34)13-12-17-15-31-23-5-3-2-4-20(17)23/h2-11,14-15,25,31,33H,12-13H2,1H3/t25-/m0/s1. The summed E-state index contributed by atoms with van der Waals surface area (Å²) in [6.07, 6.45) is 2.41. The van der Waals surface area contributed by atoms with Crippen molar-refractivity contribution in [3.63, 3.8) is 0 Å². The van der Waals surface area contributed by atoms with Crippen molar-refractivity contribution in [3.05, 3.63) is 105 Å². The minimum absolute atomic E-state index is 0.0201. The smallest absolute Gasteiger partial charge is 0.295 e. The van der Waals surface area contributed by atoms with Crippen molar-refractivity contribution in [1.29, 1.82) is 0 Å². The van der Waals surface area contributed by atoms with Crippen LogP contribution in [-0.4, -0.2) is 40.3 Å². The van der Waals surface area contributed by atoms with Crippen LogP contribution in [0.2, 0.25) is 10.0 Å². The average Bonchev–Trinajstić information content (AvgIpc) is 3.41. The molecule has 36 heavy (non-hydrogen) atoms. The molecule has 1 aliphatic heterocycles. The van der Waals surface area contributed by atoms with Crippen LogP contribution in [0.15, 0.2) is 78.5 Å². The third-order valence-electron chi connectivity index (χ3n) is 6.46. The first kappa shape index (κ1) is 24.0. The number of hydrogen-bond acceptors (Lipinski definition) is 4. The van der Waals surface area contributed by atoms with Gasteiger partial charge in [0, 0.05) is 39.3 Å². The van der Waals surface area contributed by atoms with E-state index in [0.717, 1.165) is 16.5 Å². The number of likely N-dealkylation sites (tertiary alicyclic amines) is 1. The second-order valence-electron chi connectivity index (χ2n) is 8.50. The number of carbonyl (C=O) groups is 2. The number of hydrogen-bond donors (Lipinski definition) is 2. The lowest BCUT2D eigenvalue weighted by Crippen LogP contribution is -2.31. The number of fused-ring (bicyclic) bond motifs is 1. The molecule has 0 aliphatic carbocycles. The van der Waals surface area contributed by atoms with Crippen LogP contribution in [0.4, 0.5) is 0 Å². The lowest BCUT2D eigenvalue weighted by Gasteiger charge is -2.26. The Bertz CT molecular complexity index is 1510. The number of ether oxygens (including phenoxy) is 1. The number of methoxy groups -OCH3 is 1. The van der Waals surface area contributed by atoms with Gasteiger partial charge in [-0.05, 0) is 60.0 Å². The van der Waals surface area contributed by atoms with Gasteiger partial charge in [0.05, 0.1) is 18.7 Å². The second kappa shape index (κ2) is 9.72. The number of benzene rings is 3.